The highest BCUT2D eigenvalue weighted by Crippen LogP contribution is 2.21. The van der Waals surface area contributed by atoms with Crippen molar-refractivity contribution >= 4 is 21.9 Å². The fourth-order valence-corrected chi connectivity index (χ4v) is 3.48. The molecule has 0 saturated heterocycles. The molecule has 2 N–H and O–H groups in total. The van der Waals surface area contributed by atoms with Crippen LogP contribution in [0.2, 0.25) is 0 Å². The maximum atomic E-state index is 12.6. The van der Waals surface area contributed by atoms with Gasteiger partial charge in [0.25, 0.3) is 5.91 Å². The summed E-state index contributed by atoms with van der Waals surface area (Å²) in [4.78, 5) is 24.5. The molecule has 8 heteroatoms. The van der Waals surface area contributed by atoms with E-state index >= 15 is 0 Å². The van der Waals surface area contributed by atoms with Gasteiger partial charge in [-0.3, -0.25) is 4.79 Å². The number of esters is 1. The van der Waals surface area contributed by atoms with Crippen LogP contribution in [-0.4, -0.2) is 40.5 Å². The van der Waals surface area contributed by atoms with Crippen LogP contribution in [0.5, 0.6) is 0 Å². The molecule has 1 amide bonds. The summed E-state index contributed by atoms with van der Waals surface area (Å²) in [6.45, 7) is 7.26. The molecule has 0 radical (unpaired) electrons. The van der Waals surface area contributed by atoms with Crippen LogP contribution in [0, 0.1) is 19.8 Å². The molecule has 0 saturated carbocycles. The van der Waals surface area contributed by atoms with Crippen LogP contribution in [0.1, 0.15) is 41.8 Å². The average molecular weight is 370 g/mol. The van der Waals surface area contributed by atoms with Gasteiger partial charge < -0.3 is 10.1 Å². The third kappa shape index (κ3) is 5.27. The minimum absolute atomic E-state index is 0.0404. The van der Waals surface area contributed by atoms with Gasteiger partial charge in [0, 0.05) is 5.56 Å². The summed E-state index contributed by atoms with van der Waals surface area (Å²) in [6, 6.07) is 2.12. The van der Waals surface area contributed by atoms with E-state index in [1.54, 1.807) is 19.9 Å². The summed E-state index contributed by atoms with van der Waals surface area (Å²) >= 11 is 0. The van der Waals surface area contributed by atoms with Crippen molar-refractivity contribution < 1.29 is 22.7 Å². The van der Waals surface area contributed by atoms with Gasteiger partial charge >= 0.3 is 5.97 Å². The number of sulfonamides is 1. The first-order chi connectivity index (χ1) is 11.5. The lowest BCUT2D eigenvalue weighted by atomic mass is 10.0. The Morgan fingerprint density at radius 1 is 1.20 bits per heavy atom. The molecule has 0 fully saturated rings. The summed E-state index contributed by atoms with van der Waals surface area (Å²) in [6.07, 6.45) is 0.422. The number of rotatable bonds is 7. The van der Waals surface area contributed by atoms with Crippen LogP contribution in [0.4, 0.5) is 0 Å². The number of nitrogens with one attached hydrogen (secondary N) is 2. The molecule has 1 aromatic rings. The number of benzene rings is 1. The van der Waals surface area contributed by atoms with Crippen molar-refractivity contribution in [2.45, 2.75) is 45.1 Å². The van der Waals surface area contributed by atoms with Crippen molar-refractivity contribution in [1.29, 1.82) is 0 Å². The van der Waals surface area contributed by atoms with Gasteiger partial charge in [0.15, 0.2) is 0 Å². The van der Waals surface area contributed by atoms with E-state index in [0.29, 0.717) is 17.5 Å². The Morgan fingerprint density at radius 2 is 1.80 bits per heavy atom. The molecule has 25 heavy (non-hydrogen) atoms. The summed E-state index contributed by atoms with van der Waals surface area (Å²) < 4.78 is 31.3. The number of hydrogen-bond donors (Lipinski definition) is 2. The molecular weight excluding hydrogens is 344 g/mol. The van der Waals surface area contributed by atoms with E-state index in [4.69, 9.17) is 4.74 Å². The molecule has 0 spiro atoms. The zero-order valence-electron chi connectivity index (χ0n) is 15.5. The van der Waals surface area contributed by atoms with Crippen LogP contribution in [0.25, 0.3) is 0 Å². The van der Waals surface area contributed by atoms with Crippen LogP contribution < -0.4 is 10.0 Å². The van der Waals surface area contributed by atoms with E-state index in [-0.39, 0.29) is 16.4 Å². The Hall–Kier alpha value is -1.93. The number of carbonyl (C=O) groups is 2. The molecule has 140 valence electrons. The molecule has 0 aliphatic heterocycles. The fourth-order valence-electron chi connectivity index (χ4n) is 2.42. The van der Waals surface area contributed by atoms with Crippen molar-refractivity contribution in [1.82, 2.24) is 10.0 Å². The van der Waals surface area contributed by atoms with Gasteiger partial charge in [0.2, 0.25) is 10.0 Å². The maximum absolute atomic E-state index is 12.6. The minimum Gasteiger partial charge on any atom is -0.467 e. The Morgan fingerprint density at radius 3 is 2.28 bits per heavy atom. The summed E-state index contributed by atoms with van der Waals surface area (Å²) in [5.74, 6) is -0.884. The average Bonchev–Trinajstić information content (AvgIpc) is 2.54. The second kappa shape index (κ2) is 8.44. The lowest BCUT2D eigenvalue weighted by molar-refractivity contribution is -0.143. The van der Waals surface area contributed by atoms with Crippen molar-refractivity contribution in [3.05, 3.63) is 28.8 Å². The van der Waals surface area contributed by atoms with Crippen LogP contribution in [-0.2, 0) is 19.6 Å². The smallest absolute Gasteiger partial charge is 0.328 e. The molecule has 0 bridgehead atoms. The zero-order chi connectivity index (χ0) is 19.4. The highest BCUT2D eigenvalue weighted by Gasteiger charge is 2.25. The van der Waals surface area contributed by atoms with E-state index < -0.39 is 27.9 Å². The standard InChI is InChI=1S/C17H26N2O5S/c1-10(2)7-14(17(21)24-6)19-16(20)13-8-11(3)12(4)15(9-13)25(22,23)18-5/h8-10,14,18H,7H2,1-6H3,(H,19,20)/t14-/m0/s1. The Bertz CT molecular complexity index is 757. The number of methoxy groups -OCH3 is 1. The minimum atomic E-state index is -3.70. The van der Waals surface area contributed by atoms with Crippen molar-refractivity contribution in [2.75, 3.05) is 14.2 Å². The van der Waals surface area contributed by atoms with E-state index in [9.17, 15) is 18.0 Å². The van der Waals surface area contributed by atoms with Gasteiger partial charge in [0.05, 0.1) is 12.0 Å². The second-order valence-electron chi connectivity index (χ2n) is 6.30. The molecule has 1 atom stereocenters. The molecule has 0 aromatic heterocycles. The lowest BCUT2D eigenvalue weighted by Crippen LogP contribution is -2.42. The van der Waals surface area contributed by atoms with Crippen LogP contribution in [0.15, 0.2) is 17.0 Å². The summed E-state index contributed by atoms with van der Waals surface area (Å²) in [5, 5.41) is 2.63. The first-order valence-electron chi connectivity index (χ1n) is 7.97. The quantitative estimate of drug-likeness (QED) is 0.709. The third-order valence-electron chi connectivity index (χ3n) is 3.94. The largest absolute Gasteiger partial charge is 0.467 e. The van der Waals surface area contributed by atoms with E-state index in [1.807, 2.05) is 13.8 Å². The highest BCUT2D eigenvalue weighted by molar-refractivity contribution is 7.89. The van der Waals surface area contributed by atoms with E-state index in [2.05, 4.69) is 10.0 Å². The monoisotopic (exact) mass is 370 g/mol. The molecule has 1 aromatic carbocycles. The summed E-state index contributed by atoms with van der Waals surface area (Å²) in [5.41, 5.74) is 1.41. The SMILES string of the molecule is CNS(=O)(=O)c1cc(C(=O)N[C@@H](CC(C)C)C(=O)OC)cc(C)c1C. The third-order valence-corrected chi connectivity index (χ3v) is 5.48. The number of ether oxygens (including phenoxy) is 1. The lowest BCUT2D eigenvalue weighted by Gasteiger charge is -2.19. The van der Waals surface area contributed by atoms with Gasteiger partial charge in [-0.25, -0.2) is 17.9 Å². The molecule has 0 unspecified atom stereocenters. The number of aryl methyl sites for hydroxylation is 1. The summed E-state index contributed by atoms with van der Waals surface area (Å²) in [7, 11) is -1.13. The van der Waals surface area contributed by atoms with Crippen LogP contribution >= 0.6 is 0 Å². The zero-order valence-corrected chi connectivity index (χ0v) is 16.3. The first kappa shape index (κ1) is 21.1. The highest BCUT2D eigenvalue weighted by atomic mass is 32.2. The van der Waals surface area contributed by atoms with Crippen molar-refractivity contribution in [3.63, 3.8) is 0 Å². The Labute approximate surface area is 149 Å². The molecule has 0 aliphatic rings. The van der Waals surface area contributed by atoms with Crippen molar-refractivity contribution in [2.24, 2.45) is 5.92 Å². The van der Waals surface area contributed by atoms with E-state index in [1.165, 1.54) is 20.2 Å². The normalized spacial score (nSPS) is 12.8. The Kier molecular flexibility index (Phi) is 7.13. The van der Waals surface area contributed by atoms with Gasteiger partial charge in [-0.1, -0.05) is 13.8 Å². The fraction of sp³-hybridized carbons (Fsp3) is 0.529. The van der Waals surface area contributed by atoms with E-state index in [0.717, 1.165) is 0 Å². The van der Waals surface area contributed by atoms with Gasteiger partial charge in [-0.2, -0.15) is 0 Å². The molecule has 0 heterocycles. The number of amides is 1. The predicted molar refractivity (Wildman–Crippen MR) is 94.9 cm³/mol. The molecular formula is C17H26N2O5S. The van der Waals surface area contributed by atoms with Crippen LogP contribution in [0.3, 0.4) is 0 Å². The maximum Gasteiger partial charge on any atom is 0.328 e. The van der Waals surface area contributed by atoms with Gasteiger partial charge in [0.1, 0.15) is 6.04 Å². The molecule has 1 rings (SSSR count). The van der Waals surface area contributed by atoms with Crippen molar-refractivity contribution in [3.8, 4) is 0 Å². The molecule has 7 nitrogen and oxygen atoms in total. The predicted octanol–water partition coefficient (Wildman–Crippen LogP) is 1.53. The molecule has 0 aliphatic carbocycles. The topological polar surface area (TPSA) is 102 Å². The van der Waals surface area contributed by atoms with Gasteiger partial charge in [-0.15, -0.1) is 0 Å². The Balaban J connectivity index is 3.23. The number of carbonyl (C=O) groups excluding carboxylic acids is 2. The first-order valence-corrected chi connectivity index (χ1v) is 9.45. The second-order valence-corrected chi connectivity index (χ2v) is 8.16. The number of hydrogen-bond acceptors (Lipinski definition) is 5. The van der Waals surface area contributed by atoms with Gasteiger partial charge in [-0.05, 0) is 56.5 Å².